The molecule has 3 heteroatoms. The van der Waals surface area contributed by atoms with Crippen LogP contribution in [0.2, 0.25) is 0 Å². The van der Waals surface area contributed by atoms with Gasteiger partial charge in [0, 0.05) is 17.8 Å². The Balaban J connectivity index is 1.74. The van der Waals surface area contributed by atoms with E-state index in [-0.39, 0.29) is 0 Å². The maximum Gasteiger partial charge on any atom is 0.0923 e. The number of nitrogens with zero attached hydrogens (tertiary/aromatic N) is 2. The number of nitrogens with one attached hydrogen (secondary N) is 1. The molecular weight excluding hydrogens is 210 g/mol. The minimum Gasteiger partial charge on any atom is -0.312 e. The summed E-state index contributed by atoms with van der Waals surface area (Å²) in [6.07, 6.45) is 4.63. The minimum atomic E-state index is 0.596. The summed E-state index contributed by atoms with van der Waals surface area (Å²) in [5.41, 5.74) is 2.24. The van der Waals surface area contributed by atoms with E-state index in [1.54, 1.807) is 0 Å². The predicted molar refractivity (Wildman–Crippen MR) is 68.7 cm³/mol. The zero-order valence-electron chi connectivity index (χ0n) is 9.84. The first-order chi connectivity index (χ1) is 8.42. The van der Waals surface area contributed by atoms with Gasteiger partial charge in [0.1, 0.15) is 0 Å². The summed E-state index contributed by atoms with van der Waals surface area (Å²) in [4.78, 5) is 0. The number of rotatable bonds is 3. The van der Waals surface area contributed by atoms with Crippen LogP contribution in [0.3, 0.4) is 0 Å². The molecule has 0 bridgehead atoms. The van der Waals surface area contributed by atoms with E-state index in [0.29, 0.717) is 6.04 Å². The molecule has 17 heavy (non-hydrogen) atoms. The molecule has 3 rings (SSSR count). The second kappa shape index (κ2) is 4.72. The van der Waals surface area contributed by atoms with Gasteiger partial charge in [-0.15, -0.1) is 0 Å². The minimum absolute atomic E-state index is 0.596. The lowest BCUT2D eigenvalue weighted by molar-refractivity contribution is 0.477. The molecule has 0 unspecified atom stereocenters. The lowest BCUT2D eigenvalue weighted by Gasteiger charge is -2.09. The summed E-state index contributed by atoms with van der Waals surface area (Å²) in [5.74, 6) is 0. The first-order valence-corrected chi connectivity index (χ1v) is 6.24. The van der Waals surface area contributed by atoms with Crippen molar-refractivity contribution in [1.82, 2.24) is 15.1 Å². The van der Waals surface area contributed by atoms with Crippen LogP contribution in [0.5, 0.6) is 0 Å². The van der Waals surface area contributed by atoms with Crippen LogP contribution < -0.4 is 5.32 Å². The Kier molecular flexibility index (Phi) is 2.92. The van der Waals surface area contributed by atoms with Gasteiger partial charge >= 0.3 is 0 Å². The average Bonchev–Trinajstić information content (AvgIpc) is 3.02. The zero-order chi connectivity index (χ0) is 11.5. The van der Waals surface area contributed by atoms with Crippen LogP contribution >= 0.6 is 0 Å². The van der Waals surface area contributed by atoms with E-state index in [1.165, 1.54) is 18.4 Å². The van der Waals surface area contributed by atoms with Gasteiger partial charge in [0.25, 0.3) is 0 Å². The Morgan fingerprint density at radius 3 is 2.88 bits per heavy atom. The Hall–Kier alpha value is -1.61. The molecule has 1 aromatic carbocycles. The van der Waals surface area contributed by atoms with Crippen molar-refractivity contribution in [2.24, 2.45) is 0 Å². The van der Waals surface area contributed by atoms with Gasteiger partial charge in [0.05, 0.1) is 12.2 Å². The van der Waals surface area contributed by atoms with Crippen molar-refractivity contribution in [3.05, 3.63) is 42.6 Å². The van der Waals surface area contributed by atoms with Gasteiger partial charge in [0.2, 0.25) is 0 Å². The quantitative estimate of drug-likeness (QED) is 0.872. The summed E-state index contributed by atoms with van der Waals surface area (Å²) in [6, 6.07) is 13.0. The van der Waals surface area contributed by atoms with Crippen molar-refractivity contribution in [1.29, 1.82) is 0 Å². The highest BCUT2D eigenvalue weighted by Crippen LogP contribution is 2.16. The Morgan fingerprint density at radius 1 is 1.24 bits per heavy atom. The fraction of sp³-hybridized carbons (Fsp3) is 0.357. The molecule has 2 heterocycles. The van der Waals surface area contributed by atoms with Crippen LogP contribution in [0.1, 0.15) is 12.8 Å². The standard InChI is InChI=1S/C14H17N3/c1-2-5-12(6-3-1)14-8-10-17(16-14)11-13-7-4-9-15-13/h1-3,5-6,8,10,13,15H,4,7,9,11H2/t13-/m0/s1. The summed E-state index contributed by atoms with van der Waals surface area (Å²) < 4.78 is 2.05. The normalized spacial score (nSPS) is 19.6. The maximum absolute atomic E-state index is 4.62. The van der Waals surface area contributed by atoms with Crippen LogP contribution in [-0.4, -0.2) is 22.4 Å². The molecule has 3 nitrogen and oxygen atoms in total. The van der Waals surface area contributed by atoms with Crippen molar-refractivity contribution in [2.75, 3.05) is 6.54 Å². The fourth-order valence-corrected chi connectivity index (χ4v) is 2.36. The van der Waals surface area contributed by atoms with Crippen molar-refractivity contribution >= 4 is 0 Å². The molecule has 2 aromatic rings. The third-order valence-electron chi connectivity index (χ3n) is 3.28. The topological polar surface area (TPSA) is 29.9 Å². The molecule has 1 aliphatic heterocycles. The monoisotopic (exact) mass is 227 g/mol. The molecule has 1 fully saturated rings. The number of hydrogen-bond acceptors (Lipinski definition) is 2. The molecule has 0 radical (unpaired) electrons. The van der Waals surface area contributed by atoms with E-state index in [9.17, 15) is 0 Å². The first kappa shape index (κ1) is 10.5. The molecule has 0 aliphatic carbocycles. The number of aromatic nitrogens is 2. The summed E-state index contributed by atoms with van der Waals surface area (Å²) in [6.45, 7) is 2.13. The van der Waals surface area contributed by atoms with Crippen molar-refractivity contribution in [3.8, 4) is 11.3 Å². The first-order valence-electron chi connectivity index (χ1n) is 6.24. The third kappa shape index (κ3) is 2.39. The van der Waals surface area contributed by atoms with Gasteiger partial charge in [-0.3, -0.25) is 4.68 Å². The molecule has 1 aromatic heterocycles. The molecule has 0 amide bonds. The molecule has 1 atom stereocenters. The molecule has 1 saturated heterocycles. The Bertz CT molecular complexity index is 469. The molecule has 88 valence electrons. The second-order valence-electron chi connectivity index (χ2n) is 4.58. The fourth-order valence-electron chi connectivity index (χ4n) is 2.36. The van der Waals surface area contributed by atoms with E-state index in [2.05, 4.69) is 34.8 Å². The molecule has 0 spiro atoms. The smallest absolute Gasteiger partial charge is 0.0923 e. The molecule has 0 saturated carbocycles. The average molecular weight is 227 g/mol. The molecule has 1 N–H and O–H groups in total. The number of benzene rings is 1. The van der Waals surface area contributed by atoms with E-state index >= 15 is 0 Å². The van der Waals surface area contributed by atoms with Gasteiger partial charge < -0.3 is 5.32 Å². The Morgan fingerprint density at radius 2 is 2.12 bits per heavy atom. The highest BCUT2D eigenvalue weighted by atomic mass is 15.3. The predicted octanol–water partition coefficient (Wildman–Crippen LogP) is 2.30. The van der Waals surface area contributed by atoms with Crippen LogP contribution in [0.15, 0.2) is 42.6 Å². The van der Waals surface area contributed by atoms with Crippen LogP contribution in [0.4, 0.5) is 0 Å². The van der Waals surface area contributed by atoms with Crippen molar-refractivity contribution in [2.45, 2.75) is 25.4 Å². The SMILES string of the molecule is c1ccc(-c2ccn(C[C@@H]3CCCN3)n2)cc1. The highest BCUT2D eigenvalue weighted by Gasteiger charge is 2.14. The molecule has 1 aliphatic rings. The largest absolute Gasteiger partial charge is 0.312 e. The number of hydrogen-bond donors (Lipinski definition) is 1. The van der Waals surface area contributed by atoms with Gasteiger partial charge in [0.15, 0.2) is 0 Å². The van der Waals surface area contributed by atoms with Gasteiger partial charge in [-0.05, 0) is 25.5 Å². The summed E-state index contributed by atoms with van der Waals surface area (Å²) in [7, 11) is 0. The third-order valence-corrected chi connectivity index (χ3v) is 3.28. The zero-order valence-corrected chi connectivity index (χ0v) is 9.84. The lowest BCUT2D eigenvalue weighted by atomic mass is 10.2. The van der Waals surface area contributed by atoms with E-state index in [1.807, 2.05) is 22.9 Å². The van der Waals surface area contributed by atoms with Gasteiger partial charge in [-0.2, -0.15) is 5.10 Å². The van der Waals surface area contributed by atoms with Crippen LogP contribution in [0.25, 0.3) is 11.3 Å². The van der Waals surface area contributed by atoms with E-state index < -0.39 is 0 Å². The maximum atomic E-state index is 4.62. The van der Waals surface area contributed by atoms with E-state index in [4.69, 9.17) is 0 Å². The van der Waals surface area contributed by atoms with E-state index in [0.717, 1.165) is 18.8 Å². The Labute approximate surface area is 101 Å². The van der Waals surface area contributed by atoms with Gasteiger partial charge in [-0.1, -0.05) is 30.3 Å². The lowest BCUT2D eigenvalue weighted by Crippen LogP contribution is -2.26. The van der Waals surface area contributed by atoms with Crippen LogP contribution in [0, 0.1) is 0 Å². The molecular formula is C14H17N3. The highest BCUT2D eigenvalue weighted by molar-refractivity contribution is 5.57. The van der Waals surface area contributed by atoms with Crippen molar-refractivity contribution in [3.63, 3.8) is 0 Å². The second-order valence-corrected chi connectivity index (χ2v) is 4.58. The summed E-state index contributed by atoms with van der Waals surface area (Å²) in [5, 5.41) is 8.11. The summed E-state index contributed by atoms with van der Waals surface area (Å²) >= 11 is 0. The van der Waals surface area contributed by atoms with Gasteiger partial charge in [-0.25, -0.2) is 0 Å². The van der Waals surface area contributed by atoms with Crippen molar-refractivity contribution < 1.29 is 0 Å². The van der Waals surface area contributed by atoms with Crippen LogP contribution in [-0.2, 0) is 6.54 Å².